The van der Waals surface area contributed by atoms with E-state index in [4.69, 9.17) is 24.3 Å². The summed E-state index contributed by atoms with van der Waals surface area (Å²) >= 11 is 0. The highest BCUT2D eigenvalue weighted by Crippen LogP contribution is 2.43. The van der Waals surface area contributed by atoms with Crippen molar-refractivity contribution in [2.45, 2.75) is 136 Å². The Morgan fingerprint density at radius 1 is 0.684 bits per heavy atom. The number of rotatable bonds is 19. The fourth-order valence-corrected chi connectivity index (χ4v) is 10.6. The molecule has 0 aromatic heterocycles. The van der Waals surface area contributed by atoms with Crippen LogP contribution in [0.3, 0.4) is 0 Å². The molecule has 448 valence electrons. The predicted octanol–water partition coefficient (Wildman–Crippen LogP) is 11.1. The van der Waals surface area contributed by atoms with Crippen LogP contribution in [0.4, 0.5) is 0 Å². The number of esters is 4. The summed E-state index contributed by atoms with van der Waals surface area (Å²) in [6.07, 6.45) is 5.66. The lowest BCUT2D eigenvalue weighted by Crippen LogP contribution is -2.29. The van der Waals surface area contributed by atoms with Crippen LogP contribution in [0.5, 0.6) is 0 Å². The number of nitrogens with one attached hydrogen (secondary N) is 1. The van der Waals surface area contributed by atoms with Gasteiger partial charge in [-0.15, -0.1) is 0 Å². The number of ketones is 1. The molecule has 1 heterocycles. The number of benzene rings is 3. The minimum Gasteiger partial charge on any atom is -0.466 e. The zero-order valence-corrected chi connectivity index (χ0v) is 50.2. The van der Waals surface area contributed by atoms with E-state index in [1.165, 1.54) is 6.08 Å². The van der Waals surface area contributed by atoms with Gasteiger partial charge in [0.2, 0.25) is 12.5 Å². The van der Waals surface area contributed by atoms with Crippen molar-refractivity contribution in [1.82, 2.24) is 5.32 Å². The van der Waals surface area contributed by atoms with Crippen LogP contribution in [0.2, 0.25) is 0 Å². The third kappa shape index (κ3) is 40.6. The van der Waals surface area contributed by atoms with Crippen molar-refractivity contribution >= 4 is 71.3 Å². The lowest BCUT2D eigenvalue weighted by atomic mass is 9.84. The summed E-state index contributed by atoms with van der Waals surface area (Å²) in [5.74, 6) is 1.03. The lowest BCUT2D eigenvalue weighted by molar-refractivity contribution is -0.496. The molecule has 3 aromatic carbocycles. The molecule has 79 heavy (non-hydrogen) atoms. The summed E-state index contributed by atoms with van der Waals surface area (Å²) in [5, 5.41) is 25.4. The first-order chi connectivity index (χ1) is 36.0. The van der Waals surface area contributed by atoms with Crippen molar-refractivity contribution < 1.29 is 62.1 Å². The summed E-state index contributed by atoms with van der Waals surface area (Å²) in [4.78, 5) is 83.9. The SMILES string of the molecule is C.C.CCC(C)=O.CCC1(C)CNC(=O)C1.CCOC(=O)/C=C(\C)CC.CCOC(=O)C=P(c1ccccc1)(c1ccccc1)c1ccccc1.CCOC(=O)CC(C)(CC)C[N+](=O)[O-].CCOC(=O)CP(C)(C)=O.C[N+](=O)[O-]. The van der Waals surface area contributed by atoms with Crippen molar-refractivity contribution in [2.24, 2.45) is 10.8 Å². The van der Waals surface area contributed by atoms with Gasteiger partial charge in [0.1, 0.15) is 5.78 Å². The Kier molecular flexibility index (Phi) is 47.1. The highest BCUT2D eigenvalue weighted by atomic mass is 31.2. The average Bonchev–Trinajstić information content (AvgIpc) is 3.72. The molecule has 20 heteroatoms. The maximum Gasteiger partial charge on any atom is 0.331 e. The van der Waals surface area contributed by atoms with Crippen molar-refractivity contribution in [2.75, 3.05) is 66.1 Å². The van der Waals surface area contributed by atoms with E-state index in [1.807, 2.05) is 89.2 Å². The van der Waals surface area contributed by atoms with Crippen LogP contribution in [-0.4, -0.2) is 117 Å². The van der Waals surface area contributed by atoms with Crippen molar-refractivity contribution in [3.63, 3.8) is 0 Å². The second-order valence-electron chi connectivity index (χ2n) is 18.5. The highest BCUT2D eigenvalue weighted by molar-refractivity contribution is 7.95. The van der Waals surface area contributed by atoms with E-state index in [-0.39, 0.29) is 79.9 Å². The van der Waals surface area contributed by atoms with Crippen LogP contribution in [0.25, 0.3) is 0 Å². The maximum absolute atomic E-state index is 12.5. The lowest BCUT2D eigenvalue weighted by Gasteiger charge is -2.28. The Morgan fingerprint density at radius 2 is 1.06 bits per heavy atom. The topological polar surface area (TPSA) is 255 Å². The summed E-state index contributed by atoms with van der Waals surface area (Å²) in [7, 11) is -1.34. The van der Waals surface area contributed by atoms with E-state index >= 15 is 0 Å². The summed E-state index contributed by atoms with van der Waals surface area (Å²) in [5.41, 5.74) is 0.714. The Balaban J connectivity index is -0.000000292. The molecule has 1 N–H and O–H groups in total. The standard InChI is InChI=1S/C22H21O2P.C9H17NO4.C8H14O2.C7H13NO.C6H13O3P.C4H8O.CH3NO2.2CH4/c1-2-24-22(23)18-25(19-12-6-3-7-13-19,20-14-8-4-9-15-20)21-16-10-5-11-17-21;1-4-9(3,7-10(12)13)6-8(11)14-5-2;1-4-7(3)6-8(9)10-5-2;1-3-7(2)4-6(9)8-5-7;1-4-9-6(7)5-10(2,3)8;1-3-4(2)5;1-2(3)4;;/h3-18H,2H2,1H3;4-7H2,1-3H3;6H,4-5H2,1-3H3;3-5H2,1-2H3,(H,8,9);4-5H2,1-3H3;3H2,1-2H3;1H3;2*1H4/b;;7-6+;;;;;;. The number of carbonyl (C=O) groups excluding carboxylic acids is 6. The normalized spacial score (nSPS) is 13.6. The Hall–Kier alpha value is -6.25. The van der Waals surface area contributed by atoms with Crippen LogP contribution in [-0.2, 0) is 52.3 Å². The van der Waals surface area contributed by atoms with Crippen molar-refractivity contribution in [1.29, 1.82) is 0 Å². The minimum atomic E-state index is -2.24. The number of ether oxygens (including phenoxy) is 4. The van der Waals surface area contributed by atoms with Crippen LogP contribution in [0, 0.1) is 31.1 Å². The smallest absolute Gasteiger partial charge is 0.331 e. The van der Waals surface area contributed by atoms with E-state index in [9.17, 15) is 43.4 Å². The highest BCUT2D eigenvalue weighted by Gasteiger charge is 2.33. The summed E-state index contributed by atoms with van der Waals surface area (Å²) in [6.45, 7) is 25.3. The molecule has 1 aliphatic rings. The molecule has 3 aromatic rings. The molecule has 1 saturated heterocycles. The second-order valence-corrected chi connectivity index (χ2v) is 25.2. The molecule has 1 amide bonds. The largest absolute Gasteiger partial charge is 0.466 e. The summed E-state index contributed by atoms with van der Waals surface area (Å²) in [6, 6.07) is 30.7. The van der Waals surface area contributed by atoms with Gasteiger partial charge in [0.15, 0.2) is 7.05 Å². The van der Waals surface area contributed by atoms with Gasteiger partial charge in [-0.2, -0.15) is 0 Å². The first-order valence-electron chi connectivity index (χ1n) is 25.8. The molecule has 2 unspecified atom stereocenters. The molecule has 2 atom stereocenters. The third-order valence-corrected chi connectivity index (χ3v) is 15.9. The van der Waals surface area contributed by atoms with E-state index < -0.39 is 24.4 Å². The van der Waals surface area contributed by atoms with Crippen LogP contribution < -0.4 is 21.2 Å². The minimum absolute atomic E-state index is 0. The Bertz CT molecular complexity index is 2250. The van der Waals surface area contributed by atoms with Gasteiger partial charge >= 0.3 is 23.9 Å². The molecule has 0 spiro atoms. The quantitative estimate of drug-likeness (QED) is 0.0292. The Labute approximate surface area is 473 Å². The van der Waals surface area contributed by atoms with Crippen molar-refractivity contribution in [3.05, 3.63) is 123 Å². The van der Waals surface area contributed by atoms with Gasteiger partial charge in [-0.25, -0.2) is 9.59 Å². The number of hydrogen-bond acceptors (Lipinski definition) is 15. The molecule has 0 radical (unpaired) electrons. The number of nitrogens with zero attached hydrogens (tertiary/aromatic N) is 2. The summed E-state index contributed by atoms with van der Waals surface area (Å²) < 4.78 is 30.4. The zero-order chi connectivity index (χ0) is 59.7. The van der Waals surface area contributed by atoms with E-state index in [2.05, 4.69) is 60.3 Å². The number of allylic oxidation sites excluding steroid dienone is 1. The van der Waals surface area contributed by atoms with Crippen LogP contribution in [0.15, 0.2) is 103 Å². The first-order valence-corrected chi connectivity index (χ1v) is 30.4. The van der Waals surface area contributed by atoms with Gasteiger partial charge in [-0.05, 0) is 102 Å². The number of nitro groups is 2. The first kappa shape index (κ1) is 81.6. The molecule has 4 rings (SSSR count). The third-order valence-electron chi connectivity index (χ3n) is 11.0. The molecular weight excluding hydrogens is 1050 g/mol. The van der Waals surface area contributed by atoms with Gasteiger partial charge in [0, 0.05) is 46.5 Å². The van der Waals surface area contributed by atoms with Crippen molar-refractivity contribution in [3.8, 4) is 0 Å². The molecular formula is C59H97N3O15P2. The number of amides is 1. The number of Topliss-reactive ketones (excluding diaryl/α,β-unsaturated/α-hetero) is 1. The number of hydrogen-bond donors (Lipinski definition) is 1. The van der Waals surface area contributed by atoms with E-state index in [0.29, 0.717) is 45.7 Å². The predicted molar refractivity (Wildman–Crippen MR) is 324 cm³/mol. The molecule has 0 aliphatic carbocycles. The van der Waals surface area contributed by atoms with E-state index in [1.54, 1.807) is 53.7 Å². The Morgan fingerprint density at radius 3 is 1.34 bits per heavy atom. The maximum atomic E-state index is 12.5. The fraction of sp³-hybridized carbons (Fsp3) is 0.542. The van der Waals surface area contributed by atoms with Crippen LogP contribution >= 0.6 is 14.0 Å². The van der Waals surface area contributed by atoms with E-state index in [0.717, 1.165) is 47.9 Å². The molecule has 0 saturated carbocycles. The number of carbonyl (C=O) groups is 6. The van der Waals surface area contributed by atoms with Gasteiger partial charge in [0.05, 0.1) is 46.2 Å². The molecule has 18 nitrogen and oxygen atoms in total. The molecule has 1 aliphatic heterocycles. The molecule has 1 fully saturated rings. The fourth-order valence-electron chi connectivity index (χ4n) is 6.24. The average molecular weight is 1150 g/mol. The molecule has 0 bridgehead atoms. The van der Waals surface area contributed by atoms with Gasteiger partial charge in [0.25, 0.3) is 0 Å². The monoisotopic (exact) mass is 1150 g/mol. The second kappa shape index (κ2) is 45.6. The van der Waals surface area contributed by atoms with Gasteiger partial charge in [-0.3, -0.25) is 34.6 Å². The van der Waals surface area contributed by atoms with Crippen LogP contribution in [0.1, 0.15) is 136 Å². The van der Waals surface area contributed by atoms with Gasteiger partial charge < -0.3 is 33.6 Å². The van der Waals surface area contributed by atoms with Gasteiger partial charge in [-0.1, -0.05) is 153 Å². The zero-order valence-electron chi connectivity index (χ0n) is 48.4.